The van der Waals surface area contributed by atoms with E-state index >= 15 is 0 Å². The molecule has 1 amide bonds. The van der Waals surface area contributed by atoms with Crippen molar-refractivity contribution in [1.29, 1.82) is 0 Å². The van der Waals surface area contributed by atoms with Crippen molar-refractivity contribution in [3.63, 3.8) is 0 Å². The van der Waals surface area contributed by atoms with Gasteiger partial charge in [0.05, 0.1) is 17.0 Å². The van der Waals surface area contributed by atoms with Gasteiger partial charge in [0.2, 0.25) is 0 Å². The molecule has 2 fully saturated rings. The Hall–Kier alpha value is -1.87. The third-order valence-electron chi connectivity index (χ3n) is 4.03. The second kappa shape index (κ2) is 5.34. The van der Waals surface area contributed by atoms with Gasteiger partial charge >= 0.3 is 5.97 Å². The summed E-state index contributed by atoms with van der Waals surface area (Å²) in [6.45, 7) is -0.119. The van der Waals surface area contributed by atoms with E-state index in [2.05, 4.69) is 4.98 Å². The molecular formula is C14H14N2O5S2. The van der Waals surface area contributed by atoms with Crippen LogP contribution in [0.1, 0.15) is 5.69 Å². The topological polar surface area (TPSA) is 105 Å². The Kier molecular flexibility index (Phi) is 3.72. The quantitative estimate of drug-likeness (QED) is 0.613. The van der Waals surface area contributed by atoms with Gasteiger partial charge in [-0.05, 0) is 24.5 Å². The lowest BCUT2D eigenvalue weighted by Gasteiger charge is -2.50. The number of aliphatic carboxylic acids is 1. The largest absolute Gasteiger partial charge is 0.480 e. The average molecular weight is 354 g/mol. The molecule has 0 bridgehead atoms. The van der Waals surface area contributed by atoms with Crippen LogP contribution in [0.3, 0.4) is 0 Å². The Morgan fingerprint density at radius 1 is 1.52 bits per heavy atom. The summed E-state index contributed by atoms with van der Waals surface area (Å²) < 4.78 is 23.6. The van der Waals surface area contributed by atoms with Gasteiger partial charge < -0.3 is 10.0 Å². The first-order valence-corrected chi connectivity index (χ1v) is 9.68. The molecule has 0 aromatic carbocycles. The minimum absolute atomic E-state index is 0.119. The zero-order valence-corrected chi connectivity index (χ0v) is 13.8. The van der Waals surface area contributed by atoms with Gasteiger partial charge in [-0.15, -0.1) is 11.8 Å². The summed E-state index contributed by atoms with van der Waals surface area (Å²) in [7, 11) is -3.78. The smallest absolute Gasteiger partial charge is 0.322 e. The number of β-lactam (4-membered cyclic amide) rings is 1. The average Bonchev–Trinajstić information content (AvgIpc) is 2.52. The van der Waals surface area contributed by atoms with E-state index in [-0.39, 0.29) is 12.1 Å². The number of amides is 1. The highest BCUT2D eigenvalue weighted by atomic mass is 32.2. The lowest BCUT2D eigenvalue weighted by Crippen LogP contribution is -2.70. The van der Waals surface area contributed by atoms with Crippen LogP contribution in [0.4, 0.5) is 0 Å². The number of sulfone groups is 1. The second-order valence-corrected chi connectivity index (χ2v) is 8.70. The summed E-state index contributed by atoms with van der Waals surface area (Å²) >= 11 is 0.946. The highest BCUT2D eigenvalue weighted by Crippen LogP contribution is 2.42. The molecule has 3 heterocycles. The molecule has 2 aliphatic heterocycles. The number of rotatable bonds is 3. The summed E-state index contributed by atoms with van der Waals surface area (Å²) in [5, 5.41) is 8.32. The van der Waals surface area contributed by atoms with Crippen molar-refractivity contribution < 1.29 is 23.1 Å². The van der Waals surface area contributed by atoms with Crippen LogP contribution < -0.4 is 0 Å². The zero-order chi connectivity index (χ0) is 16.8. The number of pyridine rings is 1. The molecule has 1 unspecified atom stereocenters. The van der Waals surface area contributed by atoms with Crippen molar-refractivity contribution in [2.24, 2.45) is 0 Å². The Morgan fingerprint density at radius 3 is 2.83 bits per heavy atom. The number of carboxylic acid groups (broad SMARTS) is 1. The van der Waals surface area contributed by atoms with Gasteiger partial charge in [0.15, 0.2) is 15.2 Å². The molecule has 23 heavy (non-hydrogen) atoms. The fourth-order valence-corrected chi connectivity index (χ4v) is 6.38. The fourth-order valence-electron chi connectivity index (χ4n) is 2.84. The summed E-state index contributed by atoms with van der Waals surface area (Å²) in [5.41, 5.74) is 0.634. The van der Waals surface area contributed by atoms with E-state index in [1.807, 2.05) is 0 Å². The van der Waals surface area contributed by atoms with Gasteiger partial charge in [-0.2, -0.15) is 0 Å². The van der Waals surface area contributed by atoms with Gasteiger partial charge in [-0.1, -0.05) is 6.07 Å². The second-order valence-electron chi connectivity index (χ2n) is 5.45. The minimum atomic E-state index is -3.78. The maximum absolute atomic E-state index is 12.5. The number of fused-ring (bicyclic) bond motifs is 1. The van der Waals surface area contributed by atoms with Crippen molar-refractivity contribution in [3.8, 4) is 0 Å². The molecule has 1 aromatic rings. The van der Waals surface area contributed by atoms with Crippen molar-refractivity contribution in [3.05, 3.63) is 35.7 Å². The molecule has 0 spiro atoms. The van der Waals surface area contributed by atoms with Gasteiger partial charge in [-0.3, -0.25) is 14.6 Å². The van der Waals surface area contributed by atoms with Crippen LogP contribution in [0.15, 0.2) is 30.0 Å². The van der Waals surface area contributed by atoms with Crippen molar-refractivity contribution in [2.75, 3.05) is 18.6 Å². The Labute approximate surface area is 137 Å². The lowest BCUT2D eigenvalue weighted by atomic mass is 10.0. The predicted octanol–water partition coefficient (Wildman–Crippen LogP) is 0.248. The molecule has 7 nitrogen and oxygen atoms in total. The maximum atomic E-state index is 12.5. The number of hydrogen-bond donors (Lipinski definition) is 1. The Balaban J connectivity index is 1.99. The van der Waals surface area contributed by atoms with E-state index in [0.29, 0.717) is 5.69 Å². The normalized spacial score (nSPS) is 30.7. The maximum Gasteiger partial charge on any atom is 0.322 e. The van der Waals surface area contributed by atoms with Crippen LogP contribution in [0.2, 0.25) is 0 Å². The Bertz CT molecular complexity index is 806. The highest BCUT2D eigenvalue weighted by molar-refractivity contribution is 8.02. The molecule has 1 aromatic heterocycles. The van der Waals surface area contributed by atoms with Crippen LogP contribution >= 0.6 is 11.8 Å². The number of thioether (sulfide) groups is 1. The van der Waals surface area contributed by atoms with Crippen LogP contribution in [0, 0.1) is 0 Å². The van der Waals surface area contributed by atoms with Gasteiger partial charge in [0, 0.05) is 12.7 Å². The number of carboxylic acids is 1. The third kappa shape index (κ3) is 2.43. The molecule has 2 aliphatic rings. The standard InChI is InChI=1S/C14H14N2O5S2/c1-22-14(13(18)19)7-16-11(17)10(12(16)23(20,21)8-14)6-9-4-2-3-5-15-9/h2-6,12H,7-8H2,1H3,(H,18,19)/t12-,14?/m1/s1. The van der Waals surface area contributed by atoms with Crippen molar-refractivity contribution >= 4 is 39.6 Å². The van der Waals surface area contributed by atoms with Gasteiger partial charge in [0.1, 0.15) is 4.75 Å². The molecule has 0 aliphatic carbocycles. The fraction of sp³-hybridized carbons (Fsp3) is 0.357. The van der Waals surface area contributed by atoms with E-state index in [1.165, 1.54) is 6.08 Å². The number of carbonyl (C=O) groups is 2. The first-order valence-electron chi connectivity index (χ1n) is 6.74. The first-order chi connectivity index (χ1) is 10.8. The molecule has 0 saturated carbocycles. The van der Waals surface area contributed by atoms with Crippen molar-refractivity contribution in [1.82, 2.24) is 9.88 Å². The lowest BCUT2D eigenvalue weighted by molar-refractivity contribution is -0.143. The zero-order valence-electron chi connectivity index (χ0n) is 12.2. The molecular weight excluding hydrogens is 340 g/mol. The number of carbonyl (C=O) groups excluding carboxylic acids is 1. The number of nitrogens with zero attached hydrogens (tertiary/aromatic N) is 2. The minimum Gasteiger partial charge on any atom is -0.480 e. The molecule has 3 rings (SSSR count). The highest BCUT2D eigenvalue weighted by Gasteiger charge is 2.61. The summed E-state index contributed by atoms with van der Waals surface area (Å²) in [5.74, 6) is -2.17. The van der Waals surface area contributed by atoms with Gasteiger partial charge in [-0.25, -0.2) is 8.42 Å². The molecule has 1 N–H and O–H groups in total. The Morgan fingerprint density at radius 2 is 2.26 bits per heavy atom. The third-order valence-corrected chi connectivity index (χ3v) is 7.53. The van der Waals surface area contributed by atoms with Gasteiger partial charge in [0.25, 0.3) is 5.91 Å². The molecule has 2 saturated heterocycles. The SMILES string of the molecule is CSC1(C(=O)O)CN2C(=O)C(=Cc3ccccn3)[C@H]2S(=O)(=O)C1. The van der Waals surface area contributed by atoms with Crippen molar-refractivity contribution in [2.45, 2.75) is 10.1 Å². The van der Waals surface area contributed by atoms with Crippen LogP contribution in [-0.2, 0) is 19.4 Å². The van der Waals surface area contributed by atoms with E-state index < -0.39 is 37.6 Å². The number of hydrogen-bond acceptors (Lipinski definition) is 6. The van der Waals surface area contributed by atoms with E-state index in [9.17, 15) is 23.1 Å². The molecule has 9 heteroatoms. The first kappa shape index (κ1) is 16.0. The van der Waals surface area contributed by atoms with Crippen LogP contribution in [-0.4, -0.2) is 64.0 Å². The number of aromatic nitrogens is 1. The van der Waals surface area contributed by atoms with Crippen LogP contribution in [0.25, 0.3) is 6.08 Å². The predicted molar refractivity (Wildman–Crippen MR) is 85.4 cm³/mol. The summed E-state index contributed by atoms with van der Waals surface area (Å²) in [6.07, 6.45) is 4.54. The molecule has 0 radical (unpaired) electrons. The molecule has 2 atom stereocenters. The summed E-state index contributed by atoms with van der Waals surface area (Å²) in [4.78, 5) is 29.0. The summed E-state index contributed by atoms with van der Waals surface area (Å²) in [6, 6.07) is 5.12. The van der Waals surface area contributed by atoms with E-state index in [4.69, 9.17) is 0 Å². The van der Waals surface area contributed by atoms with Crippen LogP contribution in [0.5, 0.6) is 0 Å². The van der Waals surface area contributed by atoms with E-state index in [0.717, 1.165) is 16.7 Å². The van der Waals surface area contributed by atoms with E-state index in [1.54, 1.807) is 30.7 Å². The molecule has 122 valence electrons. The monoisotopic (exact) mass is 354 g/mol.